The lowest BCUT2D eigenvalue weighted by molar-refractivity contribution is -0.156. The monoisotopic (exact) mass is 542 g/mol. The SMILES string of the molecule is C=C(C)C(=O)OCC(CO)OC(=O)c1ccc(-c2ccc(C(=O)OCC(O)COC(=O)C(C)(C)C)cc2)cc1. The van der Waals surface area contributed by atoms with Gasteiger partial charge in [0, 0.05) is 5.57 Å². The molecule has 0 spiro atoms. The van der Waals surface area contributed by atoms with E-state index in [1.54, 1.807) is 69.3 Å². The number of carbonyl (C=O) groups is 4. The van der Waals surface area contributed by atoms with Crippen LogP contribution >= 0.6 is 0 Å². The fraction of sp³-hybridized carbons (Fsp3) is 0.379. The van der Waals surface area contributed by atoms with Gasteiger partial charge in [-0.05, 0) is 63.1 Å². The number of aliphatic hydroxyl groups excluding tert-OH is 2. The molecule has 0 fully saturated rings. The van der Waals surface area contributed by atoms with Gasteiger partial charge in [0.05, 0.1) is 23.1 Å². The second-order valence-corrected chi connectivity index (χ2v) is 9.84. The van der Waals surface area contributed by atoms with E-state index in [1.807, 2.05) is 0 Å². The highest BCUT2D eigenvalue weighted by Crippen LogP contribution is 2.21. The minimum atomic E-state index is -1.15. The average molecular weight is 543 g/mol. The summed E-state index contributed by atoms with van der Waals surface area (Å²) in [5.41, 5.74) is 1.51. The van der Waals surface area contributed by atoms with Crippen LogP contribution in [0.4, 0.5) is 0 Å². The summed E-state index contributed by atoms with van der Waals surface area (Å²) in [6, 6.07) is 13.0. The normalized spacial score (nSPS) is 12.6. The molecule has 210 valence electrons. The van der Waals surface area contributed by atoms with Crippen LogP contribution in [0, 0.1) is 5.41 Å². The van der Waals surface area contributed by atoms with Crippen LogP contribution in [0.1, 0.15) is 48.4 Å². The number of ether oxygens (including phenoxy) is 4. The zero-order valence-corrected chi connectivity index (χ0v) is 22.5. The fourth-order valence-electron chi connectivity index (χ4n) is 2.92. The molecule has 0 aliphatic heterocycles. The highest BCUT2D eigenvalue weighted by molar-refractivity contribution is 5.91. The largest absolute Gasteiger partial charge is 0.462 e. The minimum absolute atomic E-state index is 0.188. The second-order valence-electron chi connectivity index (χ2n) is 9.84. The van der Waals surface area contributed by atoms with E-state index in [0.717, 1.165) is 11.1 Å². The molecule has 0 saturated heterocycles. The van der Waals surface area contributed by atoms with Gasteiger partial charge in [-0.15, -0.1) is 0 Å². The lowest BCUT2D eigenvalue weighted by atomic mass is 9.97. The average Bonchev–Trinajstić information content (AvgIpc) is 2.91. The molecular weight excluding hydrogens is 508 g/mol. The van der Waals surface area contributed by atoms with Gasteiger partial charge < -0.3 is 29.2 Å². The van der Waals surface area contributed by atoms with E-state index >= 15 is 0 Å². The first kappa shape index (κ1) is 31.2. The molecule has 0 saturated carbocycles. The van der Waals surface area contributed by atoms with Crippen molar-refractivity contribution in [2.45, 2.75) is 39.9 Å². The Morgan fingerprint density at radius 1 is 0.795 bits per heavy atom. The Morgan fingerprint density at radius 2 is 1.28 bits per heavy atom. The van der Waals surface area contributed by atoms with Gasteiger partial charge >= 0.3 is 23.9 Å². The van der Waals surface area contributed by atoms with Crippen molar-refractivity contribution in [2.75, 3.05) is 26.4 Å². The van der Waals surface area contributed by atoms with Crippen LogP contribution in [-0.4, -0.2) is 72.7 Å². The molecule has 2 unspecified atom stereocenters. The highest BCUT2D eigenvalue weighted by Gasteiger charge is 2.24. The maximum atomic E-state index is 12.4. The van der Waals surface area contributed by atoms with Crippen LogP contribution in [0.5, 0.6) is 0 Å². The Hall–Kier alpha value is -4.02. The first-order valence-corrected chi connectivity index (χ1v) is 12.2. The van der Waals surface area contributed by atoms with E-state index in [1.165, 1.54) is 6.92 Å². The van der Waals surface area contributed by atoms with E-state index in [-0.39, 0.29) is 36.5 Å². The molecule has 0 aromatic heterocycles. The summed E-state index contributed by atoms with van der Waals surface area (Å²) in [6.07, 6.45) is -2.17. The second kappa shape index (κ2) is 14.2. The van der Waals surface area contributed by atoms with Crippen molar-refractivity contribution in [1.29, 1.82) is 0 Å². The van der Waals surface area contributed by atoms with Crippen molar-refractivity contribution >= 4 is 23.9 Å². The molecule has 0 bridgehead atoms. The van der Waals surface area contributed by atoms with E-state index in [4.69, 9.17) is 18.9 Å². The molecule has 0 aliphatic rings. The third-order valence-corrected chi connectivity index (χ3v) is 5.23. The molecule has 0 amide bonds. The predicted molar refractivity (Wildman–Crippen MR) is 141 cm³/mol. The summed E-state index contributed by atoms with van der Waals surface area (Å²) in [7, 11) is 0. The van der Waals surface area contributed by atoms with Gasteiger partial charge in [-0.25, -0.2) is 14.4 Å². The van der Waals surface area contributed by atoms with Gasteiger partial charge in [0.2, 0.25) is 0 Å². The van der Waals surface area contributed by atoms with Crippen molar-refractivity contribution in [2.24, 2.45) is 5.41 Å². The molecule has 39 heavy (non-hydrogen) atoms. The van der Waals surface area contributed by atoms with Crippen molar-refractivity contribution < 1.29 is 48.3 Å². The predicted octanol–water partition coefficient (Wildman–Crippen LogP) is 3.10. The van der Waals surface area contributed by atoms with Crippen LogP contribution in [0.3, 0.4) is 0 Å². The molecule has 2 N–H and O–H groups in total. The van der Waals surface area contributed by atoms with Crippen LogP contribution in [0.25, 0.3) is 11.1 Å². The number of hydrogen-bond acceptors (Lipinski definition) is 10. The van der Waals surface area contributed by atoms with Crippen molar-refractivity contribution in [3.8, 4) is 11.1 Å². The highest BCUT2D eigenvalue weighted by atomic mass is 16.6. The van der Waals surface area contributed by atoms with Crippen molar-refractivity contribution in [1.82, 2.24) is 0 Å². The number of rotatable bonds is 12. The summed E-state index contributed by atoms with van der Waals surface area (Å²) in [6.45, 7) is 8.57. The van der Waals surface area contributed by atoms with Crippen molar-refractivity contribution in [3.05, 3.63) is 71.8 Å². The van der Waals surface area contributed by atoms with Gasteiger partial charge in [0.1, 0.15) is 25.9 Å². The summed E-state index contributed by atoms with van der Waals surface area (Å²) in [5, 5.41) is 19.3. The Bertz CT molecular complexity index is 1160. The zero-order chi connectivity index (χ0) is 29.2. The summed E-state index contributed by atoms with van der Waals surface area (Å²) in [5.74, 6) is -2.46. The lowest BCUT2D eigenvalue weighted by Crippen LogP contribution is -2.30. The molecule has 0 radical (unpaired) electrons. The number of aliphatic hydroxyl groups is 2. The topological polar surface area (TPSA) is 146 Å². The summed E-state index contributed by atoms with van der Waals surface area (Å²) < 4.78 is 20.2. The lowest BCUT2D eigenvalue weighted by Gasteiger charge is -2.18. The fourth-order valence-corrected chi connectivity index (χ4v) is 2.92. The number of carbonyl (C=O) groups excluding carboxylic acids is 4. The third kappa shape index (κ3) is 9.99. The van der Waals surface area contributed by atoms with Crippen LogP contribution in [0.15, 0.2) is 60.7 Å². The third-order valence-electron chi connectivity index (χ3n) is 5.23. The summed E-state index contributed by atoms with van der Waals surface area (Å²) in [4.78, 5) is 47.9. The first-order valence-electron chi connectivity index (χ1n) is 12.2. The molecule has 2 aromatic carbocycles. The molecule has 10 nitrogen and oxygen atoms in total. The zero-order valence-electron chi connectivity index (χ0n) is 22.5. The van der Waals surface area contributed by atoms with E-state index in [2.05, 4.69) is 6.58 Å². The molecule has 2 aromatic rings. The van der Waals surface area contributed by atoms with Crippen molar-refractivity contribution in [3.63, 3.8) is 0 Å². The Morgan fingerprint density at radius 3 is 1.74 bits per heavy atom. The summed E-state index contributed by atoms with van der Waals surface area (Å²) >= 11 is 0. The van der Waals surface area contributed by atoms with Gasteiger partial charge in [-0.3, -0.25) is 4.79 Å². The van der Waals surface area contributed by atoms with Gasteiger partial charge in [0.15, 0.2) is 6.10 Å². The maximum absolute atomic E-state index is 12.4. The Balaban J connectivity index is 1.89. The minimum Gasteiger partial charge on any atom is -0.462 e. The Kier molecular flexibility index (Phi) is 11.4. The molecular formula is C29H34O10. The van der Waals surface area contributed by atoms with Gasteiger partial charge in [-0.1, -0.05) is 30.8 Å². The molecule has 0 aliphatic carbocycles. The van der Waals surface area contributed by atoms with Gasteiger partial charge in [0.25, 0.3) is 0 Å². The smallest absolute Gasteiger partial charge is 0.338 e. The van der Waals surface area contributed by atoms with E-state index in [0.29, 0.717) is 0 Å². The number of hydrogen-bond donors (Lipinski definition) is 2. The van der Waals surface area contributed by atoms with Crippen LogP contribution in [0.2, 0.25) is 0 Å². The first-order chi connectivity index (χ1) is 18.3. The molecule has 0 heterocycles. The Labute approximate surface area is 227 Å². The van der Waals surface area contributed by atoms with Gasteiger partial charge in [-0.2, -0.15) is 0 Å². The number of esters is 4. The van der Waals surface area contributed by atoms with Crippen LogP contribution < -0.4 is 0 Å². The van der Waals surface area contributed by atoms with E-state index < -0.39 is 48.1 Å². The molecule has 2 rings (SSSR count). The van der Waals surface area contributed by atoms with Crippen LogP contribution in [-0.2, 0) is 28.5 Å². The standard InChI is InChI=1S/C29H34O10/c1-18(2)25(32)37-17-24(14-30)39-27(34)22-12-8-20(9-13-22)19-6-10-21(11-7-19)26(33)36-15-23(31)16-38-28(35)29(3,4)5/h6-13,23-24,30-31H,1,14-17H2,2-5H3. The van der Waals surface area contributed by atoms with E-state index in [9.17, 15) is 29.4 Å². The maximum Gasteiger partial charge on any atom is 0.338 e. The number of benzene rings is 2. The molecule has 10 heteroatoms. The quantitative estimate of drug-likeness (QED) is 0.233. The molecule has 2 atom stereocenters.